The molecule has 7 atom stereocenters. The molecule has 3 saturated carbocycles. The number of amides is 1. The lowest BCUT2D eigenvalue weighted by molar-refractivity contribution is -0.869. The van der Waals surface area contributed by atoms with Gasteiger partial charge in [-0.2, -0.15) is 0 Å². The molecule has 5 rings (SSSR count). The van der Waals surface area contributed by atoms with Crippen LogP contribution in [0.25, 0.3) is 0 Å². The number of allylic oxidation sites excluding steroid dienone is 1. The molecule has 5 aliphatic rings. The molecule has 0 aromatic heterocycles. The average molecular weight is 570 g/mol. The molecule has 0 spiro atoms. The second kappa shape index (κ2) is 11.1. The summed E-state index contributed by atoms with van der Waals surface area (Å²) in [6.07, 6.45) is 11.6. The molecule has 0 bridgehead atoms. The Morgan fingerprint density at radius 3 is 2.49 bits per heavy atom. The molecule has 7 heteroatoms. The Kier molecular flexibility index (Phi) is 8.30. The third kappa shape index (κ3) is 5.91. The van der Waals surface area contributed by atoms with Gasteiger partial charge in [-0.1, -0.05) is 38.4 Å². The third-order valence-electron chi connectivity index (χ3n) is 12.5. The minimum Gasteiger partial charge on any atom is -0.329 e. The van der Waals surface area contributed by atoms with Gasteiger partial charge in [0.25, 0.3) is 0 Å². The maximum Gasteiger partial charge on any atom is 0.436 e. The van der Waals surface area contributed by atoms with Crippen LogP contribution in [-0.2, 0) is 9.63 Å². The lowest BCUT2D eigenvalue weighted by Crippen LogP contribution is -2.51. The Labute approximate surface area is 249 Å². The van der Waals surface area contributed by atoms with E-state index in [1.54, 1.807) is 0 Å². The van der Waals surface area contributed by atoms with Crippen LogP contribution < -0.4 is 5.32 Å². The van der Waals surface area contributed by atoms with Crippen LogP contribution in [0.1, 0.15) is 92.4 Å². The molecular formula is C34H57N4O3+. The van der Waals surface area contributed by atoms with E-state index in [4.69, 9.17) is 4.84 Å². The molecule has 1 saturated heterocycles. The Morgan fingerprint density at radius 1 is 1.05 bits per heavy atom. The molecule has 230 valence electrons. The van der Waals surface area contributed by atoms with E-state index in [0.717, 1.165) is 54.9 Å². The van der Waals surface area contributed by atoms with Crippen molar-refractivity contribution in [3.05, 3.63) is 11.6 Å². The van der Waals surface area contributed by atoms with Crippen molar-refractivity contribution in [3.63, 3.8) is 0 Å². The average Bonchev–Trinajstić information content (AvgIpc) is 3.42. The number of hydrogen-bond acceptors (Lipinski definition) is 5. The molecule has 1 amide bonds. The molecule has 0 aromatic rings. The summed E-state index contributed by atoms with van der Waals surface area (Å²) in [4.78, 5) is 33.3. The number of carbonyl (C=O) groups is 2. The highest BCUT2D eigenvalue weighted by Crippen LogP contribution is 2.66. The Morgan fingerprint density at radius 2 is 1.80 bits per heavy atom. The van der Waals surface area contributed by atoms with Crippen molar-refractivity contribution in [1.29, 1.82) is 0 Å². The van der Waals surface area contributed by atoms with Crippen LogP contribution in [0, 0.1) is 39.9 Å². The summed E-state index contributed by atoms with van der Waals surface area (Å²) in [5.74, 6) is 2.77. The zero-order valence-corrected chi connectivity index (χ0v) is 27.2. The van der Waals surface area contributed by atoms with E-state index >= 15 is 0 Å². The van der Waals surface area contributed by atoms with E-state index in [0.29, 0.717) is 43.0 Å². The molecule has 1 aliphatic heterocycles. The molecule has 4 aliphatic carbocycles. The number of oxime groups is 1. The fourth-order valence-electron chi connectivity index (χ4n) is 9.71. The van der Waals surface area contributed by atoms with Crippen LogP contribution in [0.5, 0.6) is 0 Å². The SMILES string of the molecule is C/C(=N\OC(=O)N(CC[N+](C)(C)C)CC1NCCC1(C)C)[C@H]1CC[C@H]2[C@@H]3CCC4=CC(=O)CC[C@]4(C)[C@H]3CC[C@]12C. The number of nitrogens with one attached hydrogen (secondary N) is 1. The predicted octanol–water partition coefficient (Wildman–Crippen LogP) is 6.04. The van der Waals surface area contributed by atoms with Crippen LogP contribution in [0.15, 0.2) is 16.8 Å². The summed E-state index contributed by atoms with van der Waals surface area (Å²) in [5, 5.41) is 8.17. The van der Waals surface area contributed by atoms with Gasteiger partial charge in [-0.3, -0.25) is 14.5 Å². The molecular weight excluding hydrogens is 512 g/mol. The minimum atomic E-state index is -0.322. The maximum absolute atomic E-state index is 13.5. The fraction of sp³-hybridized carbons (Fsp3) is 0.853. The van der Waals surface area contributed by atoms with Gasteiger partial charge in [0.05, 0.1) is 39.9 Å². The number of likely N-dealkylation sites (N-methyl/N-ethyl adjacent to an activating group) is 1. The number of ketones is 1. The predicted molar refractivity (Wildman–Crippen MR) is 164 cm³/mol. The van der Waals surface area contributed by atoms with Crippen molar-refractivity contribution < 1.29 is 18.9 Å². The summed E-state index contributed by atoms with van der Waals surface area (Å²) in [6.45, 7) is 14.8. The van der Waals surface area contributed by atoms with E-state index in [9.17, 15) is 9.59 Å². The van der Waals surface area contributed by atoms with E-state index in [-0.39, 0.29) is 28.4 Å². The molecule has 7 nitrogen and oxygen atoms in total. The first-order chi connectivity index (χ1) is 19.1. The summed E-state index contributed by atoms with van der Waals surface area (Å²) in [6, 6.07) is 0.257. The van der Waals surface area contributed by atoms with Gasteiger partial charge in [0, 0.05) is 24.9 Å². The lowest BCUT2D eigenvalue weighted by Gasteiger charge is -2.58. The smallest absolute Gasteiger partial charge is 0.329 e. The second-order valence-corrected chi connectivity index (χ2v) is 16.4. The molecule has 1 N–H and O–H groups in total. The third-order valence-corrected chi connectivity index (χ3v) is 12.5. The zero-order valence-electron chi connectivity index (χ0n) is 27.2. The van der Waals surface area contributed by atoms with Gasteiger partial charge in [-0.25, -0.2) is 4.79 Å². The Balaban J connectivity index is 1.27. The maximum atomic E-state index is 13.5. The van der Waals surface area contributed by atoms with Crippen molar-refractivity contribution in [3.8, 4) is 0 Å². The van der Waals surface area contributed by atoms with Crippen LogP contribution in [-0.4, -0.2) is 80.3 Å². The van der Waals surface area contributed by atoms with Gasteiger partial charge in [0.15, 0.2) is 5.78 Å². The largest absolute Gasteiger partial charge is 0.436 e. The number of rotatable bonds is 7. The number of fused-ring (bicyclic) bond motifs is 5. The quantitative estimate of drug-likeness (QED) is 0.176. The van der Waals surface area contributed by atoms with Crippen molar-refractivity contribution >= 4 is 17.6 Å². The fourth-order valence-corrected chi connectivity index (χ4v) is 9.71. The highest BCUT2D eigenvalue weighted by Gasteiger charge is 2.59. The van der Waals surface area contributed by atoms with Crippen molar-refractivity contribution in [2.75, 3.05) is 47.3 Å². The topological polar surface area (TPSA) is 71.0 Å². The number of hydrogen-bond donors (Lipinski definition) is 1. The molecule has 1 unspecified atom stereocenters. The lowest BCUT2D eigenvalue weighted by atomic mass is 9.46. The first-order valence-electron chi connectivity index (χ1n) is 16.4. The normalized spacial score (nSPS) is 38.5. The zero-order chi connectivity index (χ0) is 29.8. The van der Waals surface area contributed by atoms with E-state index in [2.05, 4.69) is 66.2 Å². The summed E-state index contributed by atoms with van der Waals surface area (Å²) < 4.78 is 0.796. The van der Waals surface area contributed by atoms with Crippen LogP contribution in [0.3, 0.4) is 0 Å². The van der Waals surface area contributed by atoms with Gasteiger partial charge >= 0.3 is 6.09 Å². The molecule has 41 heavy (non-hydrogen) atoms. The van der Waals surface area contributed by atoms with Gasteiger partial charge in [-0.15, -0.1) is 0 Å². The molecule has 0 aromatic carbocycles. The van der Waals surface area contributed by atoms with E-state index in [1.807, 2.05) is 11.0 Å². The van der Waals surface area contributed by atoms with Crippen molar-refractivity contribution in [2.45, 2.75) is 98.4 Å². The molecule has 4 fully saturated rings. The second-order valence-electron chi connectivity index (χ2n) is 16.4. The molecule has 0 radical (unpaired) electrons. The number of carbonyl (C=O) groups excluding carboxylic acids is 2. The Hall–Kier alpha value is -1.73. The van der Waals surface area contributed by atoms with Crippen molar-refractivity contribution in [2.24, 2.45) is 45.1 Å². The summed E-state index contributed by atoms with van der Waals surface area (Å²) >= 11 is 0. The van der Waals surface area contributed by atoms with Gasteiger partial charge < -0.3 is 9.80 Å². The van der Waals surface area contributed by atoms with Gasteiger partial charge in [-0.05, 0) is 105 Å². The summed E-state index contributed by atoms with van der Waals surface area (Å²) in [5.41, 5.74) is 2.97. The van der Waals surface area contributed by atoms with E-state index in [1.165, 1.54) is 31.3 Å². The number of quaternary nitrogens is 1. The van der Waals surface area contributed by atoms with Crippen LogP contribution in [0.2, 0.25) is 0 Å². The monoisotopic (exact) mass is 569 g/mol. The van der Waals surface area contributed by atoms with E-state index < -0.39 is 0 Å². The first-order valence-corrected chi connectivity index (χ1v) is 16.4. The Bertz CT molecular complexity index is 1090. The van der Waals surface area contributed by atoms with Crippen LogP contribution >= 0.6 is 0 Å². The molecule has 1 heterocycles. The van der Waals surface area contributed by atoms with Crippen LogP contribution in [0.4, 0.5) is 4.79 Å². The van der Waals surface area contributed by atoms with Gasteiger partial charge in [0.1, 0.15) is 0 Å². The highest BCUT2D eigenvalue weighted by molar-refractivity contribution is 5.91. The summed E-state index contributed by atoms with van der Waals surface area (Å²) in [7, 11) is 6.48. The number of nitrogens with zero attached hydrogens (tertiary/aromatic N) is 3. The van der Waals surface area contributed by atoms with Crippen molar-refractivity contribution in [1.82, 2.24) is 10.2 Å². The minimum absolute atomic E-state index is 0.153. The highest BCUT2D eigenvalue weighted by atomic mass is 16.7. The standard InChI is InChI=1S/C34H57N4O3/c1-23(36-41-31(40)37(19-20-38(6,7)8)22-30-32(2,3)17-18-35-30)27-11-12-28-26-10-9-24-21-25(39)13-15-33(24,4)29(26)14-16-34(27,28)5/h21,26-30,35H,9-20,22H2,1-8H3/q+1/b36-23+/t26-,27+,28-,29-,30?,33-,34+/m0/s1. The first kappa shape index (κ1) is 30.7. The van der Waals surface area contributed by atoms with Gasteiger partial charge in [0.2, 0.25) is 0 Å².